The summed E-state index contributed by atoms with van der Waals surface area (Å²) in [5.74, 6) is -0.461. The number of hydrogen-bond acceptors (Lipinski definition) is 12. The molecule has 0 radical (unpaired) electrons. The van der Waals surface area contributed by atoms with Crippen LogP contribution in [-0.2, 0) is 61.5 Å². The molecule has 2 unspecified atom stereocenters. The predicted molar refractivity (Wildman–Crippen MR) is 286 cm³/mol. The maximum absolute atomic E-state index is 13.5. The molecule has 0 aliphatic carbocycles. The number of likely N-dealkylation sites (tertiary alicyclic amines) is 2. The molecule has 2 amide bonds. The summed E-state index contributed by atoms with van der Waals surface area (Å²) in [6, 6.07) is 49.3. The molecule has 406 valence electrons. The van der Waals surface area contributed by atoms with Crippen molar-refractivity contribution in [3.63, 3.8) is 0 Å². The zero-order valence-electron chi connectivity index (χ0n) is 43.0. The number of hydrogen-bond donors (Lipinski definition) is 1. The average Bonchev–Trinajstić information content (AvgIpc) is 4.28. The number of benzene rings is 5. The van der Waals surface area contributed by atoms with E-state index in [-0.39, 0.29) is 92.0 Å². The molecule has 5 aromatic rings. The van der Waals surface area contributed by atoms with E-state index in [1.54, 1.807) is 4.90 Å². The van der Waals surface area contributed by atoms with E-state index in [2.05, 4.69) is 6.07 Å². The number of esters is 1. The van der Waals surface area contributed by atoms with Crippen molar-refractivity contribution in [1.29, 1.82) is 0 Å². The summed E-state index contributed by atoms with van der Waals surface area (Å²) in [6.07, 6.45) is 7.13. The van der Waals surface area contributed by atoms with Gasteiger partial charge in [-0.15, -0.1) is 0 Å². The van der Waals surface area contributed by atoms with Crippen molar-refractivity contribution in [3.8, 4) is 0 Å². The van der Waals surface area contributed by atoms with Crippen molar-refractivity contribution in [2.45, 2.75) is 127 Å². The molecule has 76 heavy (non-hydrogen) atoms. The first-order chi connectivity index (χ1) is 35.8. The van der Waals surface area contributed by atoms with Crippen LogP contribution in [0.15, 0.2) is 152 Å². The molecule has 5 aliphatic rings. The van der Waals surface area contributed by atoms with E-state index < -0.39 is 35.8 Å². The van der Waals surface area contributed by atoms with Crippen molar-refractivity contribution in [2.75, 3.05) is 46.6 Å². The van der Waals surface area contributed by atoms with Crippen molar-refractivity contribution in [1.82, 2.24) is 9.80 Å². The summed E-state index contributed by atoms with van der Waals surface area (Å²) in [4.78, 5) is 41.1. The van der Waals surface area contributed by atoms with Crippen molar-refractivity contribution in [2.24, 2.45) is 0 Å². The van der Waals surface area contributed by atoms with E-state index >= 15 is 0 Å². The fourth-order valence-electron chi connectivity index (χ4n) is 9.41. The Morgan fingerprint density at radius 3 is 1.41 bits per heavy atom. The number of aliphatic hydroxyl groups is 1. The van der Waals surface area contributed by atoms with Gasteiger partial charge in [0.05, 0.1) is 38.4 Å². The normalized spacial score (nSPS) is 21.6. The molecule has 0 bridgehead atoms. The van der Waals surface area contributed by atoms with Gasteiger partial charge < -0.3 is 60.0 Å². The van der Waals surface area contributed by atoms with E-state index in [9.17, 15) is 19.5 Å². The second-order valence-corrected chi connectivity index (χ2v) is 18.4. The standard InChI is InChI=1S/C30H33NO5.C19H25NO6.C6H5.C4H8O.CH4.BrH.Mg/c32-29(35-22-23-12-4-1-5-13-23)31-21-26(36-28-18-10-11-19-34-28)20-27(31)30(33,24-14-6-2-7-15-24)25-16-8-3-9-17-25;1-23-18(21)16-11-15(26-17-9-5-6-10-24-17)12-20(16)19(22)25-13-14-7-3-2-4-8-14;1-2-4-6-5-3-1;1-2-4-5-3-1;;;/h1-9,12-17,26-28,33H,10-11,18-22H2;2-4,7-8,15-17H,5-6,9-13H2,1H3;1-5H;1-4H2;1H4;1H;/q;;-1;;;;+2/p-1/t26-,27+,28?;15-,16+,17?;;;;;/m11...../s1. The summed E-state index contributed by atoms with van der Waals surface area (Å²) in [5, 5.41) is 12.4. The molecule has 0 spiro atoms. The number of carbonyl (C=O) groups is 3. The van der Waals surface area contributed by atoms with Gasteiger partial charge in [0.15, 0.2) is 12.6 Å². The molecule has 0 aromatic heterocycles. The molecular weight excluding hydrogens is 1040 g/mol. The van der Waals surface area contributed by atoms with E-state index in [0.29, 0.717) is 32.6 Å². The fraction of sp³-hybridized carbons (Fsp3) is 0.450. The van der Waals surface area contributed by atoms with Gasteiger partial charge in [-0.1, -0.05) is 129 Å². The number of amides is 2. The fourth-order valence-corrected chi connectivity index (χ4v) is 9.41. The minimum absolute atomic E-state index is 0. The molecule has 0 saturated carbocycles. The SMILES string of the molecule is C.C1CCOC1.COC(=O)[C@@H]1C[C@@H](OC2CCCCO2)CN1C(=O)OCc1ccccc1.O=C(OCc1ccccc1)N1C[C@H](OC2CCCCO2)C[C@H]1C(O)(c1ccccc1)c1ccccc1.[Br-].[Mg+2].[c-]1ccccc1. The predicted octanol–water partition coefficient (Wildman–Crippen LogP) is 7.27. The van der Waals surface area contributed by atoms with Crippen LogP contribution in [0.1, 0.15) is 93.9 Å². The third kappa shape index (κ3) is 19.5. The second-order valence-electron chi connectivity index (χ2n) is 18.4. The molecule has 6 atom stereocenters. The average molecular weight is 1120 g/mol. The maximum Gasteiger partial charge on any atom is 2.00 e. The molecule has 5 fully saturated rings. The van der Waals surface area contributed by atoms with Gasteiger partial charge in [-0.2, -0.15) is 36.4 Å². The number of halogens is 1. The van der Waals surface area contributed by atoms with Crippen LogP contribution in [0.25, 0.3) is 0 Å². The van der Waals surface area contributed by atoms with Gasteiger partial charge in [-0.05, 0) is 80.0 Å². The first-order valence-electron chi connectivity index (χ1n) is 25.7. The minimum Gasteiger partial charge on any atom is -1.00 e. The van der Waals surface area contributed by atoms with Crippen LogP contribution in [0.5, 0.6) is 0 Å². The summed E-state index contributed by atoms with van der Waals surface area (Å²) in [5.41, 5.74) is 1.79. The van der Waals surface area contributed by atoms with E-state index in [0.717, 1.165) is 74.0 Å². The summed E-state index contributed by atoms with van der Waals surface area (Å²) >= 11 is 0. The number of nitrogens with zero attached hydrogens (tertiary/aromatic N) is 2. The van der Waals surface area contributed by atoms with Gasteiger partial charge >= 0.3 is 41.2 Å². The molecular formula is C60H75BrMgN2O12. The first-order valence-corrected chi connectivity index (χ1v) is 25.7. The largest absolute Gasteiger partial charge is 2.00 e. The van der Waals surface area contributed by atoms with Crippen LogP contribution in [-0.4, -0.2) is 140 Å². The molecule has 16 heteroatoms. The van der Waals surface area contributed by atoms with Crippen LogP contribution in [0.3, 0.4) is 0 Å². The third-order valence-corrected chi connectivity index (χ3v) is 13.2. The van der Waals surface area contributed by atoms with Crippen molar-refractivity contribution >= 4 is 41.2 Å². The second kappa shape index (κ2) is 34.8. The van der Waals surface area contributed by atoms with Crippen molar-refractivity contribution < 1.29 is 74.4 Å². The minimum atomic E-state index is -1.44. The van der Waals surface area contributed by atoms with Gasteiger partial charge in [-0.25, -0.2) is 14.4 Å². The summed E-state index contributed by atoms with van der Waals surface area (Å²) in [6.45, 7) is 4.28. The zero-order chi connectivity index (χ0) is 50.9. The van der Waals surface area contributed by atoms with Crippen LogP contribution >= 0.6 is 0 Å². The Bertz CT molecular complexity index is 2260. The Morgan fingerprint density at radius 1 is 0.592 bits per heavy atom. The smallest absolute Gasteiger partial charge is 1.00 e. The number of rotatable bonds is 12. The molecule has 14 nitrogen and oxygen atoms in total. The summed E-state index contributed by atoms with van der Waals surface area (Å²) < 4.78 is 44.5. The van der Waals surface area contributed by atoms with Gasteiger partial charge in [0.25, 0.3) is 0 Å². The summed E-state index contributed by atoms with van der Waals surface area (Å²) in [7, 11) is 1.31. The van der Waals surface area contributed by atoms with Gasteiger partial charge in [0, 0.05) is 32.8 Å². The Balaban J connectivity index is 0.000000271. The molecule has 5 saturated heterocycles. The Morgan fingerprint density at radius 2 is 1.01 bits per heavy atom. The monoisotopic (exact) mass is 1120 g/mol. The van der Waals surface area contributed by atoms with Crippen LogP contribution in [0, 0.1) is 6.07 Å². The molecule has 5 heterocycles. The Kier molecular flexibility index (Phi) is 29.1. The van der Waals surface area contributed by atoms with Gasteiger partial charge in [0.1, 0.15) is 24.9 Å². The number of ether oxygens (including phenoxy) is 8. The number of carbonyl (C=O) groups excluding carboxylic acids is 3. The van der Waals surface area contributed by atoms with Gasteiger partial charge in [0.2, 0.25) is 0 Å². The number of methoxy groups -OCH3 is 1. The molecule has 5 aromatic carbocycles. The van der Waals surface area contributed by atoms with Crippen LogP contribution in [0.4, 0.5) is 9.59 Å². The van der Waals surface area contributed by atoms with E-state index in [1.165, 1.54) is 24.9 Å². The van der Waals surface area contributed by atoms with Crippen molar-refractivity contribution in [3.05, 3.63) is 180 Å². The molecule has 1 N–H and O–H groups in total. The van der Waals surface area contributed by atoms with Crippen LogP contribution in [0.2, 0.25) is 0 Å². The quantitative estimate of drug-likeness (QED) is 0.0579. The topological polar surface area (TPSA) is 152 Å². The first kappa shape index (κ1) is 63.6. The van der Waals surface area contributed by atoms with Gasteiger partial charge in [-0.3, -0.25) is 9.80 Å². The maximum atomic E-state index is 13.5. The van der Waals surface area contributed by atoms with E-state index in [4.69, 9.17) is 37.9 Å². The Hall–Kier alpha value is -4.88. The van der Waals surface area contributed by atoms with E-state index in [1.807, 2.05) is 152 Å². The molecule has 10 rings (SSSR count). The molecule has 5 aliphatic heterocycles. The van der Waals surface area contributed by atoms with Crippen LogP contribution < -0.4 is 17.0 Å². The third-order valence-electron chi connectivity index (χ3n) is 13.2. The zero-order valence-corrected chi connectivity index (χ0v) is 46.0. The Labute approximate surface area is 476 Å².